The minimum atomic E-state index is 0.176. The monoisotopic (exact) mass is 230 g/mol. The smallest absolute Gasteiger partial charge is 0.184 e. The molecule has 0 radical (unpaired) electrons. The quantitative estimate of drug-likeness (QED) is 0.501. The van der Waals surface area contributed by atoms with E-state index in [0.29, 0.717) is 0 Å². The van der Waals surface area contributed by atoms with Gasteiger partial charge in [-0.25, -0.2) is 0 Å². The predicted molar refractivity (Wildman–Crippen MR) is 73.9 cm³/mol. The fourth-order valence-corrected chi connectivity index (χ4v) is 1.94. The van der Waals surface area contributed by atoms with Crippen LogP contribution in [0.25, 0.3) is 0 Å². The van der Waals surface area contributed by atoms with E-state index in [-0.39, 0.29) is 5.78 Å². The third kappa shape index (κ3) is 4.56. The number of unbranched alkanes of at least 4 members (excludes halogenated alkanes) is 3. The highest BCUT2D eigenvalue weighted by Gasteiger charge is 2.11. The summed E-state index contributed by atoms with van der Waals surface area (Å²) in [6.07, 6.45) is 15.2. The molecular formula is C16H22O. The first kappa shape index (κ1) is 13.7. The first-order valence-corrected chi connectivity index (χ1v) is 6.37. The van der Waals surface area contributed by atoms with Crippen molar-refractivity contribution in [3.05, 3.63) is 47.1 Å². The molecule has 0 aromatic carbocycles. The number of carbonyl (C=O) groups excluding carboxylic acids is 1. The van der Waals surface area contributed by atoms with E-state index in [0.717, 1.165) is 17.6 Å². The standard InChI is InChI=1S/C16H22O/c1-4-5-6-7-8-9-10-15-11-13(2)16(17)14(3)12-15/h4-5,10-12H,6-9H2,1-3H3/b5-4-. The summed E-state index contributed by atoms with van der Waals surface area (Å²) in [5, 5.41) is 0. The zero-order valence-corrected chi connectivity index (χ0v) is 11.1. The molecule has 0 aliphatic heterocycles. The molecular weight excluding hydrogens is 208 g/mol. The molecule has 1 rings (SSSR count). The van der Waals surface area contributed by atoms with Gasteiger partial charge in [0.15, 0.2) is 5.78 Å². The van der Waals surface area contributed by atoms with Crippen LogP contribution in [0.2, 0.25) is 0 Å². The number of allylic oxidation sites excluding steroid dienone is 8. The molecule has 0 N–H and O–H groups in total. The second-order valence-electron chi connectivity index (χ2n) is 4.54. The molecule has 0 saturated heterocycles. The summed E-state index contributed by atoms with van der Waals surface area (Å²) in [6, 6.07) is 0. The Hall–Kier alpha value is -1.37. The van der Waals surface area contributed by atoms with Gasteiger partial charge in [0.2, 0.25) is 0 Å². The molecule has 0 saturated carbocycles. The number of hydrogen-bond donors (Lipinski definition) is 0. The maximum atomic E-state index is 11.5. The van der Waals surface area contributed by atoms with Gasteiger partial charge in [0.25, 0.3) is 0 Å². The molecule has 0 amide bonds. The Morgan fingerprint density at radius 3 is 2.24 bits per heavy atom. The van der Waals surface area contributed by atoms with Crippen LogP contribution in [0.15, 0.2) is 47.1 Å². The lowest BCUT2D eigenvalue weighted by molar-refractivity contribution is -0.112. The lowest BCUT2D eigenvalue weighted by Gasteiger charge is -2.09. The van der Waals surface area contributed by atoms with Crippen molar-refractivity contribution in [3.8, 4) is 0 Å². The summed E-state index contributed by atoms with van der Waals surface area (Å²) < 4.78 is 0. The highest BCUT2D eigenvalue weighted by Crippen LogP contribution is 2.19. The Morgan fingerprint density at radius 1 is 1.06 bits per heavy atom. The number of rotatable bonds is 5. The number of hydrogen-bond acceptors (Lipinski definition) is 1. The van der Waals surface area contributed by atoms with E-state index in [1.807, 2.05) is 26.0 Å². The summed E-state index contributed by atoms with van der Waals surface area (Å²) in [7, 11) is 0. The van der Waals surface area contributed by atoms with Gasteiger partial charge in [-0.3, -0.25) is 4.79 Å². The zero-order chi connectivity index (χ0) is 12.7. The molecule has 0 aromatic rings. The highest BCUT2D eigenvalue weighted by atomic mass is 16.1. The van der Waals surface area contributed by atoms with Gasteiger partial charge in [0, 0.05) is 0 Å². The van der Waals surface area contributed by atoms with E-state index in [1.54, 1.807) is 0 Å². The van der Waals surface area contributed by atoms with E-state index in [4.69, 9.17) is 0 Å². The van der Waals surface area contributed by atoms with Gasteiger partial charge in [-0.1, -0.05) is 18.2 Å². The van der Waals surface area contributed by atoms with Crippen molar-refractivity contribution in [2.45, 2.75) is 46.5 Å². The van der Waals surface area contributed by atoms with Crippen LogP contribution < -0.4 is 0 Å². The molecule has 0 atom stereocenters. The zero-order valence-electron chi connectivity index (χ0n) is 11.1. The van der Waals surface area contributed by atoms with Crippen LogP contribution in [0, 0.1) is 0 Å². The van der Waals surface area contributed by atoms with Crippen LogP contribution in [0.3, 0.4) is 0 Å². The molecule has 0 spiro atoms. The lowest BCUT2D eigenvalue weighted by Crippen LogP contribution is -2.05. The van der Waals surface area contributed by atoms with Crippen LogP contribution >= 0.6 is 0 Å². The average molecular weight is 230 g/mol. The summed E-state index contributed by atoms with van der Waals surface area (Å²) in [4.78, 5) is 11.5. The molecule has 17 heavy (non-hydrogen) atoms. The SMILES string of the molecule is C/C=C\CCCCC=C1C=C(C)C(=O)C(C)=C1. The third-order valence-corrected chi connectivity index (χ3v) is 2.92. The van der Waals surface area contributed by atoms with Gasteiger partial charge in [-0.15, -0.1) is 0 Å². The highest BCUT2D eigenvalue weighted by molar-refractivity contribution is 6.09. The Labute approximate surface area is 105 Å². The fourth-order valence-electron chi connectivity index (χ4n) is 1.94. The maximum absolute atomic E-state index is 11.5. The second-order valence-corrected chi connectivity index (χ2v) is 4.54. The number of ketones is 1. The van der Waals surface area contributed by atoms with Crippen molar-refractivity contribution in [2.24, 2.45) is 0 Å². The molecule has 0 heterocycles. The minimum Gasteiger partial charge on any atom is -0.289 e. The Morgan fingerprint density at radius 2 is 1.65 bits per heavy atom. The maximum Gasteiger partial charge on any atom is 0.184 e. The van der Waals surface area contributed by atoms with Crippen LogP contribution in [0.5, 0.6) is 0 Å². The molecule has 1 aliphatic carbocycles. The lowest BCUT2D eigenvalue weighted by atomic mass is 9.95. The second kappa shape index (κ2) is 7.05. The van der Waals surface area contributed by atoms with Crippen LogP contribution in [0.1, 0.15) is 46.5 Å². The Bertz CT molecular complexity index is 368. The van der Waals surface area contributed by atoms with Crippen molar-refractivity contribution in [1.29, 1.82) is 0 Å². The van der Waals surface area contributed by atoms with Gasteiger partial charge in [-0.2, -0.15) is 0 Å². The van der Waals surface area contributed by atoms with Crippen molar-refractivity contribution < 1.29 is 4.79 Å². The normalized spacial score (nSPS) is 16.2. The van der Waals surface area contributed by atoms with Crippen LogP contribution in [-0.2, 0) is 4.79 Å². The first-order valence-electron chi connectivity index (χ1n) is 6.37. The molecule has 1 heteroatoms. The van der Waals surface area contributed by atoms with Crippen LogP contribution in [0.4, 0.5) is 0 Å². The average Bonchev–Trinajstić information content (AvgIpc) is 2.30. The molecule has 1 nitrogen and oxygen atoms in total. The molecule has 0 bridgehead atoms. The predicted octanol–water partition coefficient (Wildman–Crippen LogP) is 4.52. The van der Waals surface area contributed by atoms with E-state index >= 15 is 0 Å². The summed E-state index contributed by atoms with van der Waals surface area (Å²) >= 11 is 0. The minimum absolute atomic E-state index is 0.176. The van der Waals surface area contributed by atoms with Crippen LogP contribution in [-0.4, -0.2) is 5.78 Å². The van der Waals surface area contributed by atoms with Gasteiger partial charge in [-0.05, 0) is 75.3 Å². The van der Waals surface area contributed by atoms with Gasteiger partial charge >= 0.3 is 0 Å². The van der Waals surface area contributed by atoms with Gasteiger partial charge in [0.05, 0.1) is 0 Å². The summed E-state index contributed by atoms with van der Waals surface area (Å²) in [5.41, 5.74) is 2.89. The summed E-state index contributed by atoms with van der Waals surface area (Å²) in [5.74, 6) is 0.176. The molecule has 0 unspecified atom stereocenters. The first-order chi connectivity index (χ1) is 8.15. The van der Waals surface area contributed by atoms with E-state index in [9.17, 15) is 4.79 Å². The fraction of sp³-hybridized carbons (Fsp3) is 0.438. The largest absolute Gasteiger partial charge is 0.289 e. The Kier molecular flexibility index (Phi) is 5.68. The molecule has 1 aliphatic rings. The molecule has 0 aromatic heterocycles. The van der Waals surface area contributed by atoms with Crippen molar-refractivity contribution in [1.82, 2.24) is 0 Å². The van der Waals surface area contributed by atoms with E-state index in [1.165, 1.54) is 24.8 Å². The molecule has 92 valence electrons. The van der Waals surface area contributed by atoms with Crippen molar-refractivity contribution in [2.75, 3.05) is 0 Å². The van der Waals surface area contributed by atoms with E-state index < -0.39 is 0 Å². The van der Waals surface area contributed by atoms with Crippen molar-refractivity contribution in [3.63, 3.8) is 0 Å². The topological polar surface area (TPSA) is 17.1 Å². The Balaban J connectivity index is 2.43. The number of Topliss-reactive ketones (excluding diaryl/α,β-unsaturated/α-hetero) is 1. The van der Waals surface area contributed by atoms with E-state index in [2.05, 4.69) is 25.2 Å². The molecule has 0 fully saturated rings. The van der Waals surface area contributed by atoms with Gasteiger partial charge < -0.3 is 0 Å². The summed E-state index contributed by atoms with van der Waals surface area (Å²) in [6.45, 7) is 5.83. The van der Waals surface area contributed by atoms with Crippen molar-refractivity contribution >= 4 is 5.78 Å². The van der Waals surface area contributed by atoms with Gasteiger partial charge in [0.1, 0.15) is 0 Å². The third-order valence-electron chi connectivity index (χ3n) is 2.92. The number of carbonyl (C=O) groups is 1.